The van der Waals surface area contributed by atoms with Crippen LogP contribution < -0.4 is 5.32 Å². The Labute approximate surface area is 146 Å². The van der Waals surface area contributed by atoms with Gasteiger partial charge in [0.15, 0.2) is 0 Å². The lowest BCUT2D eigenvalue weighted by Crippen LogP contribution is -2.45. The fourth-order valence-corrected chi connectivity index (χ4v) is 3.86. The Morgan fingerprint density at radius 2 is 1.32 bits per heavy atom. The number of piperazine rings is 1. The molecule has 5 rings (SSSR count). The van der Waals surface area contributed by atoms with Crippen molar-refractivity contribution in [3.63, 3.8) is 0 Å². The van der Waals surface area contributed by atoms with Crippen LogP contribution in [0.4, 0.5) is 0 Å². The summed E-state index contributed by atoms with van der Waals surface area (Å²) in [4.78, 5) is 2.55. The second kappa shape index (κ2) is 6.06. The zero-order valence-electron chi connectivity index (χ0n) is 13.9. The SMILES string of the molecule is c1cc2cc(C(c3ccc4occc4c3)N3CCNCC3)ccc2o1. The van der Waals surface area contributed by atoms with Crippen LogP contribution in [-0.2, 0) is 0 Å². The zero-order chi connectivity index (χ0) is 16.6. The third-order valence-corrected chi connectivity index (χ3v) is 5.10. The Morgan fingerprint density at radius 3 is 1.88 bits per heavy atom. The van der Waals surface area contributed by atoms with Gasteiger partial charge in [-0.05, 0) is 47.5 Å². The Morgan fingerprint density at radius 1 is 0.760 bits per heavy atom. The van der Waals surface area contributed by atoms with Gasteiger partial charge in [0.1, 0.15) is 11.2 Å². The minimum atomic E-state index is 0.237. The van der Waals surface area contributed by atoms with Crippen molar-refractivity contribution in [1.82, 2.24) is 10.2 Å². The smallest absolute Gasteiger partial charge is 0.133 e. The summed E-state index contributed by atoms with van der Waals surface area (Å²) in [6.45, 7) is 4.13. The molecule has 25 heavy (non-hydrogen) atoms. The molecule has 0 saturated carbocycles. The summed E-state index contributed by atoms with van der Waals surface area (Å²) < 4.78 is 11.0. The van der Waals surface area contributed by atoms with E-state index < -0.39 is 0 Å². The van der Waals surface area contributed by atoms with E-state index in [2.05, 4.69) is 46.6 Å². The van der Waals surface area contributed by atoms with Crippen LogP contribution in [0.25, 0.3) is 21.9 Å². The van der Waals surface area contributed by atoms with Crippen LogP contribution in [0.2, 0.25) is 0 Å². The van der Waals surface area contributed by atoms with Gasteiger partial charge in [-0.3, -0.25) is 4.90 Å². The molecule has 4 nitrogen and oxygen atoms in total. The first kappa shape index (κ1) is 14.8. The van der Waals surface area contributed by atoms with Gasteiger partial charge in [-0.15, -0.1) is 0 Å². The van der Waals surface area contributed by atoms with Gasteiger partial charge in [-0.2, -0.15) is 0 Å². The highest BCUT2D eigenvalue weighted by Crippen LogP contribution is 2.33. The van der Waals surface area contributed by atoms with Crippen LogP contribution in [0.3, 0.4) is 0 Å². The van der Waals surface area contributed by atoms with Crippen molar-refractivity contribution in [3.05, 3.63) is 72.2 Å². The first-order valence-corrected chi connectivity index (χ1v) is 8.77. The van der Waals surface area contributed by atoms with Gasteiger partial charge in [0.2, 0.25) is 0 Å². The van der Waals surface area contributed by atoms with Crippen molar-refractivity contribution in [2.45, 2.75) is 6.04 Å². The summed E-state index contributed by atoms with van der Waals surface area (Å²) in [6, 6.07) is 17.4. The fourth-order valence-electron chi connectivity index (χ4n) is 3.86. The maximum Gasteiger partial charge on any atom is 0.133 e. The quantitative estimate of drug-likeness (QED) is 0.611. The topological polar surface area (TPSA) is 41.6 Å². The zero-order valence-corrected chi connectivity index (χ0v) is 13.9. The second-order valence-corrected chi connectivity index (χ2v) is 6.62. The summed E-state index contributed by atoms with van der Waals surface area (Å²) in [7, 11) is 0. The van der Waals surface area contributed by atoms with E-state index in [1.807, 2.05) is 12.1 Å². The second-order valence-electron chi connectivity index (χ2n) is 6.62. The molecule has 0 radical (unpaired) electrons. The summed E-state index contributed by atoms with van der Waals surface area (Å²) in [6.07, 6.45) is 3.51. The molecule has 126 valence electrons. The van der Waals surface area contributed by atoms with Gasteiger partial charge in [0.05, 0.1) is 18.6 Å². The summed E-state index contributed by atoms with van der Waals surface area (Å²) >= 11 is 0. The van der Waals surface area contributed by atoms with Gasteiger partial charge in [-0.25, -0.2) is 0 Å². The highest BCUT2D eigenvalue weighted by Gasteiger charge is 2.24. The highest BCUT2D eigenvalue weighted by atomic mass is 16.3. The Hall–Kier alpha value is -2.56. The van der Waals surface area contributed by atoms with Crippen molar-refractivity contribution < 1.29 is 8.83 Å². The molecule has 1 aliphatic heterocycles. The summed E-state index contributed by atoms with van der Waals surface area (Å²) in [5.41, 5.74) is 4.48. The van der Waals surface area contributed by atoms with E-state index in [-0.39, 0.29) is 6.04 Å². The predicted octanol–water partition coefficient (Wildman–Crippen LogP) is 4.17. The Bertz CT molecular complexity index is 937. The lowest BCUT2D eigenvalue weighted by atomic mass is 9.95. The molecule has 0 atom stereocenters. The van der Waals surface area contributed by atoms with Crippen molar-refractivity contribution >= 4 is 21.9 Å². The molecule has 0 aliphatic carbocycles. The third-order valence-electron chi connectivity index (χ3n) is 5.10. The molecular weight excluding hydrogens is 312 g/mol. The van der Waals surface area contributed by atoms with E-state index in [4.69, 9.17) is 8.83 Å². The molecule has 1 saturated heterocycles. The Kier molecular flexibility index (Phi) is 3.58. The highest BCUT2D eigenvalue weighted by molar-refractivity contribution is 5.79. The summed E-state index contributed by atoms with van der Waals surface area (Å²) in [5, 5.41) is 5.76. The predicted molar refractivity (Wildman–Crippen MR) is 98.7 cm³/mol. The molecule has 2 aromatic carbocycles. The molecule has 0 amide bonds. The van der Waals surface area contributed by atoms with Gasteiger partial charge >= 0.3 is 0 Å². The maximum atomic E-state index is 5.52. The standard InChI is InChI=1S/C21H20N2O2/c1-3-19-15(5-11-24-19)13-17(1)21(23-9-7-22-8-10-23)18-2-4-20-16(14-18)6-12-25-20/h1-6,11-14,21-22H,7-10H2. The van der Waals surface area contributed by atoms with Crippen molar-refractivity contribution in [1.29, 1.82) is 0 Å². The fraction of sp³-hybridized carbons (Fsp3) is 0.238. The molecule has 4 aromatic rings. The number of benzene rings is 2. The van der Waals surface area contributed by atoms with E-state index >= 15 is 0 Å². The van der Waals surface area contributed by atoms with Gasteiger partial charge in [-0.1, -0.05) is 12.1 Å². The molecule has 2 aromatic heterocycles. The molecule has 0 spiro atoms. The van der Waals surface area contributed by atoms with Crippen molar-refractivity contribution in [2.75, 3.05) is 26.2 Å². The molecule has 4 heteroatoms. The third kappa shape index (κ3) is 2.64. The number of nitrogens with zero attached hydrogens (tertiary/aromatic N) is 1. The number of hydrogen-bond acceptors (Lipinski definition) is 4. The van der Waals surface area contributed by atoms with Gasteiger partial charge in [0.25, 0.3) is 0 Å². The number of furan rings is 2. The number of rotatable bonds is 3. The van der Waals surface area contributed by atoms with Crippen molar-refractivity contribution in [3.8, 4) is 0 Å². The van der Waals surface area contributed by atoms with E-state index in [0.29, 0.717) is 0 Å². The van der Waals surface area contributed by atoms with E-state index in [1.54, 1.807) is 12.5 Å². The first-order valence-electron chi connectivity index (χ1n) is 8.77. The van der Waals surface area contributed by atoms with E-state index in [9.17, 15) is 0 Å². The van der Waals surface area contributed by atoms with E-state index in [0.717, 1.165) is 48.1 Å². The number of hydrogen-bond donors (Lipinski definition) is 1. The molecule has 1 fully saturated rings. The molecule has 1 aliphatic rings. The molecule has 0 bridgehead atoms. The molecular formula is C21H20N2O2. The largest absolute Gasteiger partial charge is 0.464 e. The molecule has 0 unspecified atom stereocenters. The van der Waals surface area contributed by atoms with Crippen LogP contribution in [0.15, 0.2) is 69.9 Å². The molecule has 3 heterocycles. The Balaban J connectivity index is 1.63. The normalized spacial score (nSPS) is 16.2. The molecule has 1 N–H and O–H groups in total. The van der Waals surface area contributed by atoms with Crippen LogP contribution in [0.1, 0.15) is 17.2 Å². The minimum absolute atomic E-state index is 0.237. The first-order chi connectivity index (χ1) is 12.4. The van der Waals surface area contributed by atoms with E-state index in [1.165, 1.54) is 11.1 Å². The average molecular weight is 332 g/mol. The van der Waals surface area contributed by atoms with Gasteiger partial charge in [0, 0.05) is 37.0 Å². The van der Waals surface area contributed by atoms with Crippen LogP contribution in [0, 0.1) is 0 Å². The van der Waals surface area contributed by atoms with Gasteiger partial charge < -0.3 is 14.2 Å². The lowest BCUT2D eigenvalue weighted by molar-refractivity contribution is 0.198. The van der Waals surface area contributed by atoms with Crippen LogP contribution in [-0.4, -0.2) is 31.1 Å². The van der Waals surface area contributed by atoms with Crippen molar-refractivity contribution in [2.24, 2.45) is 0 Å². The van der Waals surface area contributed by atoms with Crippen LogP contribution in [0.5, 0.6) is 0 Å². The minimum Gasteiger partial charge on any atom is -0.464 e. The maximum absolute atomic E-state index is 5.52. The number of fused-ring (bicyclic) bond motifs is 2. The summed E-state index contributed by atoms with van der Waals surface area (Å²) in [5.74, 6) is 0. The number of nitrogens with one attached hydrogen (secondary N) is 1. The average Bonchev–Trinajstić information content (AvgIpc) is 3.31. The van der Waals surface area contributed by atoms with Crippen LogP contribution >= 0.6 is 0 Å². The lowest BCUT2D eigenvalue weighted by Gasteiger charge is -2.35. The monoisotopic (exact) mass is 332 g/mol.